The zero-order chi connectivity index (χ0) is 25.6. The summed E-state index contributed by atoms with van der Waals surface area (Å²) in [5.41, 5.74) is 10.9. The summed E-state index contributed by atoms with van der Waals surface area (Å²) in [4.78, 5) is 0. The van der Waals surface area contributed by atoms with Crippen molar-refractivity contribution in [3.05, 3.63) is 145 Å². The molecule has 0 nitrogen and oxygen atoms in total. The van der Waals surface area contributed by atoms with Gasteiger partial charge in [0.1, 0.15) is 0 Å². The Morgan fingerprint density at radius 3 is 1.45 bits per heavy atom. The molecule has 0 N–H and O–H groups in total. The van der Waals surface area contributed by atoms with Crippen LogP contribution in [0.4, 0.5) is 0 Å². The zero-order valence-corrected chi connectivity index (χ0v) is 21.7. The molecule has 1 aliphatic rings. The maximum Gasteiger partial charge on any atom is -0.00237 e. The fraction of sp³-hybridized carbons (Fsp3) is 0.0526. The molecule has 1 aliphatic carbocycles. The second-order valence-electron chi connectivity index (χ2n) is 10.2. The molecule has 0 heterocycles. The number of hydrogen-bond acceptors (Lipinski definition) is 0. The van der Waals surface area contributed by atoms with Gasteiger partial charge < -0.3 is 0 Å². The highest BCUT2D eigenvalue weighted by Gasteiger charge is 2.20. The average Bonchev–Trinajstić information content (AvgIpc) is 3.31. The van der Waals surface area contributed by atoms with Gasteiger partial charge in [0.25, 0.3) is 0 Å². The van der Waals surface area contributed by atoms with Gasteiger partial charge in [0.2, 0.25) is 0 Å². The van der Waals surface area contributed by atoms with Gasteiger partial charge in [0.05, 0.1) is 0 Å². The van der Waals surface area contributed by atoms with Crippen molar-refractivity contribution in [3.63, 3.8) is 0 Å². The topological polar surface area (TPSA) is 0 Å². The Hall–Kier alpha value is -4.68. The zero-order valence-electron chi connectivity index (χ0n) is 21.7. The van der Waals surface area contributed by atoms with Gasteiger partial charge in [-0.3, -0.25) is 0 Å². The van der Waals surface area contributed by atoms with Crippen LogP contribution in [0.25, 0.3) is 65.7 Å². The maximum absolute atomic E-state index is 2.26. The Labute approximate surface area is 223 Å². The van der Waals surface area contributed by atoms with Gasteiger partial charge in [-0.2, -0.15) is 0 Å². The fourth-order valence-corrected chi connectivity index (χ4v) is 6.22. The van der Waals surface area contributed by atoms with E-state index < -0.39 is 0 Å². The Bertz CT molecular complexity index is 1890. The van der Waals surface area contributed by atoms with Crippen LogP contribution in [0.5, 0.6) is 0 Å². The lowest BCUT2D eigenvalue weighted by atomic mass is 9.89. The first-order valence-corrected chi connectivity index (χ1v) is 13.3. The highest BCUT2D eigenvalue weighted by molar-refractivity contribution is 6.16. The number of benzene rings is 7. The molecule has 0 fully saturated rings. The van der Waals surface area contributed by atoms with Crippen molar-refractivity contribution in [1.82, 2.24) is 0 Å². The highest BCUT2D eigenvalue weighted by atomic mass is 14.2. The third-order valence-electron chi connectivity index (χ3n) is 8.03. The molecule has 0 aromatic heterocycles. The molecule has 0 aliphatic heterocycles. The van der Waals surface area contributed by atoms with Crippen molar-refractivity contribution < 1.29 is 0 Å². The highest BCUT2D eigenvalue weighted by Crippen LogP contribution is 2.47. The summed E-state index contributed by atoms with van der Waals surface area (Å²) in [6.45, 7) is 4.41. The fourth-order valence-electron chi connectivity index (χ4n) is 6.22. The van der Waals surface area contributed by atoms with Crippen LogP contribution in [0.1, 0.15) is 11.1 Å². The van der Waals surface area contributed by atoms with Crippen molar-refractivity contribution in [2.24, 2.45) is 0 Å². The number of fused-ring (bicyclic) bond motifs is 5. The molecular weight excluding hydrogens is 456 g/mol. The summed E-state index contributed by atoms with van der Waals surface area (Å²) in [5.74, 6) is 0. The molecule has 0 radical (unpaired) electrons. The molecule has 0 bridgehead atoms. The predicted octanol–water partition coefficient (Wildman–Crippen LogP) is 10.8. The molecule has 180 valence electrons. The first kappa shape index (κ1) is 22.5. The molecule has 0 spiro atoms. The van der Waals surface area contributed by atoms with Crippen molar-refractivity contribution in [2.75, 3.05) is 0 Å². The Morgan fingerprint density at radius 1 is 0.342 bits per heavy atom. The van der Waals surface area contributed by atoms with Gasteiger partial charge in [0, 0.05) is 0 Å². The first-order valence-electron chi connectivity index (χ1n) is 13.3. The van der Waals surface area contributed by atoms with Crippen molar-refractivity contribution in [3.8, 4) is 33.4 Å². The Morgan fingerprint density at radius 2 is 0.816 bits per heavy atom. The van der Waals surface area contributed by atoms with Crippen molar-refractivity contribution in [1.29, 1.82) is 0 Å². The lowest BCUT2D eigenvalue weighted by Gasteiger charge is -2.15. The van der Waals surface area contributed by atoms with E-state index >= 15 is 0 Å². The predicted molar refractivity (Wildman–Crippen MR) is 165 cm³/mol. The van der Waals surface area contributed by atoms with Crippen molar-refractivity contribution >= 4 is 32.3 Å². The molecule has 0 atom stereocenters. The van der Waals surface area contributed by atoms with Gasteiger partial charge in [0.15, 0.2) is 0 Å². The van der Waals surface area contributed by atoms with Gasteiger partial charge in [-0.15, -0.1) is 0 Å². The van der Waals surface area contributed by atoms with Crippen LogP contribution in [0, 0.1) is 13.8 Å². The summed E-state index contributed by atoms with van der Waals surface area (Å²) >= 11 is 0. The van der Waals surface area contributed by atoms with E-state index in [2.05, 4.69) is 147 Å². The van der Waals surface area contributed by atoms with E-state index in [9.17, 15) is 0 Å². The lowest BCUT2D eigenvalue weighted by Crippen LogP contribution is -1.88. The number of hydrogen-bond donors (Lipinski definition) is 0. The first-order chi connectivity index (χ1) is 18.7. The quantitative estimate of drug-likeness (QED) is 0.203. The standard InChI is InChI=1S/C21H16.C17H12/c1-15-17-11-5-7-13-19(17)21(16-9-3-2-4-10-16)20-14-8-6-12-18(15)20;1-11-9-10-16-14-6-3-2-5-13(14)15-8-4-7-12(11)17(15)16/h2-14H,1H3;2-10H,1H3. The SMILES string of the molecule is Cc1c2ccccc2c(-c2ccccc2)c2ccccc12.Cc1ccc2c3c(cccc13)-c1ccccc1-2. The third-order valence-corrected chi connectivity index (χ3v) is 8.03. The molecule has 8 rings (SSSR count). The molecular formula is C38H28. The lowest BCUT2D eigenvalue weighted by molar-refractivity contribution is 1.54. The summed E-state index contributed by atoms with van der Waals surface area (Å²) in [6.07, 6.45) is 0. The summed E-state index contributed by atoms with van der Waals surface area (Å²) in [7, 11) is 0. The molecule has 0 amide bonds. The Balaban J connectivity index is 0.000000130. The van der Waals surface area contributed by atoms with Crippen molar-refractivity contribution in [2.45, 2.75) is 13.8 Å². The van der Waals surface area contributed by atoms with E-state index in [0.29, 0.717) is 0 Å². The summed E-state index contributed by atoms with van der Waals surface area (Å²) < 4.78 is 0. The molecule has 7 aromatic rings. The number of aryl methyl sites for hydroxylation is 2. The van der Waals surface area contributed by atoms with Crippen LogP contribution < -0.4 is 0 Å². The summed E-state index contributed by atoms with van der Waals surface area (Å²) in [5, 5.41) is 8.16. The second-order valence-corrected chi connectivity index (χ2v) is 10.2. The largest absolute Gasteiger partial charge is 0.0622 e. The minimum absolute atomic E-state index is 1.28. The van der Waals surface area contributed by atoms with Gasteiger partial charge in [-0.05, 0) is 90.7 Å². The smallest absolute Gasteiger partial charge is 0.00237 e. The Kier molecular flexibility index (Phi) is 5.34. The van der Waals surface area contributed by atoms with Crippen LogP contribution >= 0.6 is 0 Å². The van der Waals surface area contributed by atoms with E-state index in [1.807, 2.05) is 0 Å². The summed E-state index contributed by atoms with van der Waals surface area (Å²) in [6, 6.07) is 47.9. The van der Waals surface area contributed by atoms with Crippen LogP contribution in [0.3, 0.4) is 0 Å². The third kappa shape index (κ3) is 3.45. The van der Waals surface area contributed by atoms with E-state index in [1.54, 1.807) is 0 Å². The minimum atomic E-state index is 1.28. The van der Waals surface area contributed by atoms with E-state index in [4.69, 9.17) is 0 Å². The van der Waals surface area contributed by atoms with Gasteiger partial charge >= 0.3 is 0 Å². The van der Waals surface area contributed by atoms with Crippen LogP contribution in [0.15, 0.2) is 133 Å². The van der Waals surface area contributed by atoms with Gasteiger partial charge in [-0.1, -0.05) is 133 Å². The van der Waals surface area contributed by atoms with Gasteiger partial charge in [-0.25, -0.2) is 0 Å². The van der Waals surface area contributed by atoms with Crippen LogP contribution in [-0.4, -0.2) is 0 Å². The second kappa shape index (κ2) is 9.01. The van der Waals surface area contributed by atoms with Crippen LogP contribution in [0.2, 0.25) is 0 Å². The van der Waals surface area contributed by atoms with E-state index in [0.717, 1.165) is 0 Å². The normalized spacial score (nSPS) is 11.4. The molecule has 7 aromatic carbocycles. The molecule has 0 unspecified atom stereocenters. The molecule has 38 heavy (non-hydrogen) atoms. The molecule has 0 saturated heterocycles. The van der Waals surface area contributed by atoms with E-state index in [-0.39, 0.29) is 0 Å². The molecule has 0 saturated carbocycles. The maximum atomic E-state index is 2.26. The minimum Gasteiger partial charge on any atom is -0.0622 e. The van der Waals surface area contributed by atoms with E-state index in [1.165, 1.54) is 76.8 Å². The number of rotatable bonds is 1. The van der Waals surface area contributed by atoms with Crippen LogP contribution in [-0.2, 0) is 0 Å². The average molecular weight is 485 g/mol. The molecule has 0 heteroatoms. The monoisotopic (exact) mass is 484 g/mol.